The lowest BCUT2D eigenvalue weighted by Crippen LogP contribution is -2.50. The third kappa shape index (κ3) is 9.76. The van der Waals surface area contributed by atoms with Crippen LogP contribution in [0.15, 0.2) is 66.7 Å². The summed E-state index contributed by atoms with van der Waals surface area (Å²) in [6.07, 6.45) is 3.34. The third-order valence-electron chi connectivity index (χ3n) is 7.42. The molecular weight excluding hydrogens is 637 g/mol. The van der Waals surface area contributed by atoms with Crippen LogP contribution in [0.4, 0.5) is 5.69 Å². The number of unbranched alkanes of at least 4 members (excludes halogenated alkanes) is 1. The van der Waals surface area contributed by atoms with E-state index in [1.165, 1.54) is 9.21 Å². The van der Waals surface area contributed by atoms with E-state index in [1.54, 1.807) is 36.4 Å². The van der Waals surface area contributed by atoms with Gasteiger partial charge in [-0.3, -0.25) is 13.9 Å². The van der Waals surface area contributed by atoms with Crippen LogP contribution in [0.3, 0.4) is 0 Å². The van der Waals surface area contributed by atoms with Crippen molar-refractivity contribution >= 4 is 50.7 Å². The van der Waals surface area contributed by atoms with Crippen molar-refractivity contribution in [2.24, 2.45) is 0 Å². The van der Waals surface area contributed by atoms with Gasteiger partial charge in [-0.25, -0.2) is 8.42 Å². The second kappa shape index (κ2) is 16.2. The number of benzene rings is 3. The van der Waals surface area contributed by atoms with Crippen molar-refractivity contribution in [1.29, 1.82) is 0 Å². The summed E-state index contributed by atoms with van der Waals surface area (Å²) in [5, 5.41) is 3.83. The topological polar surface area (TPSA) is 105 Å². The molecule has 45 heavy (non-hydrogen) atoms. The lowest BCUT2D eigenvalue weighted by molar-refractivity contribution is -0.141. The van der Waals surface area contributed by atoms with E-state index in [0.29, 0.717) is 59.0 Å². The predicted octanol–water partition coefficient (Wildman–Crippen LogP) is 5.87. The highest BCUT2D eigenvalue weighted by Crippen LogP contribution is 2.35. The van der Waals surface area contributed by atoms with E-state index in [4.69, 9.17) is 32.7 Å². The summed E-state index contributed by atoms with van der Waals surface area (Å²) in [6.45, 7) is 3.44. The van der Waals surface area contributed by atoms with Crippen LogP contribution in [0.2, 0.25) is 10.0 Å². The fraction of sp³-hybridized carbons (Fsp3) is 0.394. The maximum absolute atomic E-state index is 14.0. The summed E-state index contributed by atoms with van der Waals surface area (Å²) >= 11 is 12.7. The summed E-state index contributed by atoms with van der Waals surface area (Å²) in [5.74, 6) is 0.446. The van der Waals surface area contributed by atoms with E-state index in [1.807, 2.05) is 37.3 Å². The van der Waals surface area contributed by atoms with Crippen LogP contribution >= 0.6 is 23.2 Å². The van der Waals surface area contributed by atoms with Gasteiger partial charge >= 0.3 is 0 Å². The van der Waals surface area contributed by atoms with Crippen LogP contribution < -0.4 is 19.1 Å². The quantitative estimate of drug-likeness (QED) is 0.202. The molecule has 2 amide bonds. The number of carbonyl (C=O) groups excluding carboxylic acids is 2. The molecule has 12 heteroatoms. The van der Waals surface area contributed by atoms with Gasteiger partial charge in [-0.2, -0.15) is 0 Å². The van der Waals surface area contributed by atoms with Crippen LogP contribution in [0.25, 0.3) is 0 Å². The lowest BCUT2D eigenvalue weighted by atomic mass is 10.0. The maximum Gasteiger partial charge on any atom is 0.243 e. The molecule has 242 valence electrons. The molecule has 1 N–H and O–H groups in total. The van der Waals surface area contributed by atoms with Gasteiger partial charge in [0, 0.05) is 48.6 Å². The Hall–Kier alpha value is -3.47. The van der Waals surface area contributed by atoms with Crippen molar-refractivity contribution in [3.8, 4) is 11.5 Å². The van der Waals surface area contributed by atoms with Gasteiger partial charge in [0.05, 0.1) is 11.9 Å². The van der Waals surface area contributed by atoms with E-state index in [-0.39, 0.29) is 37.7 Å². The lowest BCUT2D eigenvalue weighted by Gasteiger charge is -2.32. The fourth-order valence-corrected chi connectivity index (χ4v) is 6.51. The average molecular weight is 677 g/mol. The van der Waals surface area contributed by atoms with Crippen LogP contribution in [-0.2, 0) is 32.6 Å². The molecule has 0 bridgehead atoms. The molecule has 0 aromatic heterocycles. The first-order chi connectivity index (χ1) is 21.6. The maximum atomic E-state index is 14.0. The second-order valence-corrected chi connectivity index (χ2v) is 13.6. The van der Waals surface area contributed by atoms with Gasteiger partial charge in [-0.1, -0.05) is 72.9 Å². The number of amides is 2. The minimum atomic E-state index is -3.69. The zero-order valence-electron chi connectivity index (χ0n) is 25.5. The molecule has 0 unspecified atom stereocenters. The van der Waals surface area contributed by atoms with Crippen molar-refractivity contribution < 1.29 is 27.5 Å². The van der Waals surface area contributed by atoms with Crippen LogP contribution in [0.5, 0.6) is 11.5 Å². The molecule has 0 aliphatic carbocycles. The summed E-state index contributed by atoms with van der Waals surface area (Å²) in [5.41, 5.74) is 1.95. The van der Waals surface area contributed by atoms with Crippen LogP contribution in [0, 0.1) is 0 Å². The van der Waals surface area contributed by atoms with Gasteiger partial charge in [0.15, 0.2) is 11.5 Å². The number of fused-ring (bicyclic) bond motifs is 1. The molecule has 0 saturated heterocycles. The summed E-state index contributed by atoms with van der Waals surface area (Å²) in [4.78, 5) is 29.2. The number of nitrogens with one attached hydrogen (secondary N) is 1. The number of rotatable bonds is 15. The van der Waals surface area contributed by atoms with E-state index in [2.05, 4.69) is 5.32 Å². The number of carbonyl (C=O) groups is 2. The molecule has 0 saturated carbocycles. The van der Waals surface area contributed by atoms with Crippen LogP contribution in [0.1, 0.15) is 43.7 Å². The van der Waals surface area contributed by atoms with E-state index in [9.17, 15) is 18.0 Å². The molecule has 1 atom stereocenters. The second-order valence-electron chi connectivity index (χ2n) is 10.9. The summed E-state index contributed by atoms with van der Waals surface area (Å²) in [6, 6.07) is 18.7. The van der Waals surface area contributed by atoms with Crippen molar-refractivity contribution in [1.82, 2.24) is 10.2 Å². The normalized spacial score (nSPS) is 13.2. The Bertz CT molecular complexity index is 1570. The molecule has 1 aliphatic rings. The van der Waals surface area contributed by atoms with Crippen LogP contribution in [-0.4, -0.2) is 63.7 Å². The van der Waals surface area contributed by atoms with Crippen molar-refractivity contribution in [3.63, 3.8) is 0 Å². The Morgan fingerprint density at radius 2 is 1.69 bits per heavy atom. The third-order valence-corrected chi connectivity index (χ3v) is 9.20. The molecule has 3 aromatic carbocycles. The standard InChI is InChI=1S/C33H39Cl2N3O6S/c1-3-4-16-36-33(40)29(20-24-9-6-5-7-10-24)37(23-25-12-13-26(34)21-28(25)35)32(39)11-8-17-38(45(2,41)42)27-14-15-30-31(22-27)44-19-18-43-30/h5-7,9-10,12-15,21-22,29H,3-4,8,11,16-20,23H2,1-2H3,(H,36,40)/t29-/m0/s1. The molecular formula is C33H39Cl2N3O6S. The Labute approximate surface area is 275 Å². The van der Waals surface area contributed by atoms with E-state index >= 15 is 0 Å². The predicted molar refractivity (Wildman–Crippen MR) is 178 cm³/mol. The molecule has 0 radical (unpaired) electrons. The number of halogens is 2. The Morgan fingerprint density at radius 1 is 0.956 bits per heavy atom. The van der Waals surface area contributed by atoms with E-state index < -0.39 is 16.1 Å². The van der Waals surface area contributed by atoms with Crippen molar-refractivity contribution in [2.75, 3.05) is 36.9 Å². The van der Waals surface area contributed by atoms with Gasteiger partial charge in [0.25, 0.3) is 0 Å². The molecule has 0 spiro atoms. The van der Waals surface area contributed by atoms with Crippen molar-refractivity contribution in [2.45, 2.75) is 51.6 Å². The number of ether oxygens (including phenoxy) is 2. The SMILES string of the molecule is CCCCNC(=O)[C@H](Cc1ccccc1)N(Cc1ccc(Cl)cc1Cl)C(=O)CCCN(c1ccc2c(c1)OCCO2)S(C)(=O)=O. The number of nitrogens with zero attached hydrogens (tertiary/aromatic N) is 2. The van der Waals surface area contributed by atoms with Gasteiger partial charge in [0.1, 0.15) is 19.3 Å². The molecule has 0 fully saturated rings. The largest absolute Gasteiger partial charge is 0.486 e. The highest BCUT2D eigenvalue weighted by Gasteiger charge is 2.31. The average Bonchev–Trinajstić information content (AvgIpc) is 3.01. The monoisotopic (exact) mass is 675 g/mol. The molecule has 1 heterocycles. The van der Waals surface area contributed by atoms with Gasteiger partial charge < -0.3 is 19.7 Å². The molecule has 1 aliphatic heterocycles. The Kier molecular flexibility index (Phi) is 12.4. The number of anilines is 1. The zero-order valence-corrected chi connectivity index (χ0v) is 27.8. The number of hydrogen-bond acceptors (Lipinski definition) is 6. The first-order valence-electron chi connectivity index (χ1n) is 15.0. The Balaban J connectivity index is 1.59. The number of hydrogen-bond donors (Lipinski definition) is 1. The highest BCUT2D eigenvalue weighted by atomic mass is 35.5. The summed E-state index contributed by atoms with van der Waals surface area (Å²) < 4.78 is 38.1. The molecule has 4 rings (SSSR count). The van der Waals surface area contributed by atoms with Crippen molar-refractivity contribution in [3.05, 3.63) is 87.9 Å². The minimum absolute atomic E-state index is 0.00465. The van der Waals surface area contributed by atoms with Gasteiger partial charge in [-0.15, -0.1) is 0 Å². The molecule has 9 nitrogen and oxygen atoms in total. The van der Waals surface area contributed by atoms with E-state index in [0.717, 1.165) is 24.7 Å². The zero-order chi connectivity index (χ0) is 32.4. The first-order valence-corrected chi connectivity index (χ1v) is 17.6. The number of sulfonamides is 1. The first kappa shape index (κ1) is 34.4. The fourth-order valence-electron chi connectivity index (χ4n) is 5.08. The smallest absolute Gasteiger partial charge is 0.243 e. The highest BCUT2D eigenvalue weighted by molar-refractivity contribution is 7.92. The van der Waals surface area contributed by atoms with Gasteiger partial charge in [-0.05, 0) is 48.2 Å². The minimum Gasteiger partial charge on any atom is -0.486 e. The Morgan fingerprint density at radius 3 is 2.38 bits per heavy atom. The molecule has 3 aromatic rings. The van der Waals surface area contributed by atoms with Gasteiger partial charge in [0.2, 0.25) is 21.8 Å². The summed E-state index contributed by atoms with van der Waals surface area (Å²) in [7, 11) is -3.69.